The highest BCUT2D eigenvalue weighted by molar-refractivity contribution is 5.88. The van der Waals surface area contributed by atoms with Gasteiger partial charge in [-0.15, -0.1) is 0 Å². The second kappa shape index (κ2) is 7.02. The second-order valence-electron chi connectivity index (χ2n) is 3.76. The summed E-state index contributed by atoms with van der Waals surface area (Å²) in [5.74, 6) is -0.501. The Bertz CT molecular complexity index is 510. The Hall–Kier alpha value is -2.71. The average Bonchev–Trinajstić information content (AvgIpc) is 2.73. The summed E-state index contributed by atoms with van der Waals surface area (Å²) in [6, 6.07) is 0.831. The zero-order valence-corrected chi connectivity index (χ0v) is 10.8. The molecule has 20 heavy (non-hydrogen) atoms. The Labute approximate surface area is 114 Å². The molecule has 0 aliphatic rings. The summed E-state index contributed by atoms with van der Waals surface area (Å²) in [6.07, 6.45) is -0.917. The molecule has 0 aromatic carbocycles. The van der Waals surface area contributed by atoms with Crippen molar-refractivity contribution in [3.63, 3.8) is 0 Å². The zero-order chi connectivity index (χ0) is 15.1. The van der Waals surface area contributed by atoms with Crippen molar-refractivity contribution >= 4 is 18.1 Å². The van der Waals surface area contributed by atoms with Gasteiger partial charge in [-0.05, 0) is 13.0 Å². The number of nitrogens with two attached hydrogens (primary N) is 1. The number of rotatable bonds is 6. The van der Waals surface area contributed by atoms with E-state index in [-0.39, 0.29) is 31.0 Å². The van der Waals surface area contributed by atoms with Gasteiger partial charge in [0, 0.05) is 0 Å². The van der Waals surface area contributed by atoms with Crippen LogP contribution in [0.5, 0.6) is 0 Å². The minimum absolute atomic E-state index is 0.0359. The molecule has 9 nitrogen and oxygen atoms in total. The third-order valence-electron chi connectivity index (χ3n) is 2.25. The van der Waals surface area contributed by atoms with Gasteiger partial charge < -0.3 is 30.6 Å². The van der Waals surface area contributed by atoms with Crippen molar-refractivity contribution in [2.24, 2.45) is 5.73 Å². The maximum Gasteiger partial charge on any atom is 0.404 e. The first-order chi connectivity index (χ1) is 9.40. The normalized spacial score (nSPS) is 9.85. The Morgan fingerprint density at radius 3 is 2.65 bits per heavy atom. The lowest BCUT2D eigenvalue weighted by Crippen LogP contribution is -2.37. The van der Waals surface area contributed by atoms with E-state index in [2.05, 4.69) is 15.4 Å². The number of urea groups is 1. The molecule has 3 amide bonds. The van der Waals surface area contributed by atoms with Crippen molar-refractivity contribution in [3.05, 3.63) is 23.2 Å². The number of hydrogen-bond acceptors (Lipinski definition) is 5. The molecule has 5 N–H and O–H groups in total. The molecule has 0 aliphatic carbocycles. The third kappa shape index (κ3) is 4.88. The molecule has 0 aliphatic heterocycles. The van der Waals surface area contributed by atoms with E-state index >= 15 is 0 Å². The van der Waals surface area contributed by atoms with Crippen LogP contribution in [0.4, 0.5) is 9.59 Å². The minimum atomic E-state index is -1.09. The van der Waals surface area contributed by atoms with E-state index in [1.54, 1.807) is 0 Å². The molecular formula is C11H15N3O6. The van der Waals surface area contributed by atoms with Crippen molar-refractivity contribution in [2.75, 3.05) is 13.2 Å². The summed E-state index contributed by atoms with van der Waals surface area (Å²) in [5.41, 5.74) is 4.79. The first-order valence-electron chi connectivity index (χ1n) is 5.66. The van der Waals surface area contributed by atoms with Gasteiger partial charge in [-0.3, -0.25) is 0 Å². The highest BCUT2D eigenvalue weighted by Crippen LogP contribution is 2.14. The van der Waals surface area contributed by atoms with Crippen LogP contribution in [0, 0.1) is 6.92 Å². The average molecular weight is 285 g/mol. The third-order valence-corrected chi connectivity index (χ3v) is 2.25. The molecule has 0 bridgehead atoms. The van der Waals surface area contributed by atoms with E-state index in [1.165, 1.54) is 13.0 Å². The number of amides is 3. The first kappa shape index (κ1) is 15.3. The van der Waals surface area contributed by atoms with Crippen molar-refractivity contribution in [2.45, 2.75) is 13.5 Å². The summed E-state index contributed by atoms with van der Waals surface area (Å²) in [7, 11) is 0. The van der Waals surface area contributed by atoms with Crippen LogP contribution in [-0.2, 0) is 11.3 Å². The van der Waals surface area contributed by atoms with Crippen LogP contribution in [-0.4, -0.2) is 36.4 Å². The number of primary amides is 1. The van der Waals surface area contributed by atoms with E-state index < -0.39 is 18.1 Å². The summed E-state index contributed by atoms with van der Waals surface area (Å²) in [6.45, 7) is 1.63. The van der Waals surface area contributed by atoms with Crippen LogP contribution in [0.1, 0.15) is 21.9 Å². The lowest BCUT2D eigenvalue weighted by molar-refractivity contribution is 0.0695. The van der Waals surface area contributed by atoms with Gasteiger partial charge in [0.15, 0.2) is 0 Å². The van der Waals surface area contributed by atoms with E-state index in [1.807, 2.05) is 0 Å². The summed E-state index contributed by atoms with van der Waals surface area (Å²) >= 11 is 0. The van der Waals surface area contributed by atoms with Gasteiger partial charge in [-0.2, -0.15) is 0 Å². The number of carboxylic acid groups (broad SMARTS) is 1. The molecule has 1 aromatic rings. The maximum absolute atomic E-state index is 11.3. The van der Waals surface area contributed by atoms with E-state index in [9.17, 15) is 14.4 Å². The van der Waals surface area contributed by atoms with Crippen LogP contribution in [0.2, 0.25) is 0 Å². The van der Waals surface area contributed by atoms with Gasteiger partial charge in [-0.25, -0.2) is 14.4 Å². The van der Waals surface area contributed by atoms with Gasteiger partial charge in [0.25, 0.3) is 0 Å². The molecule has 0 atom stereocenters. The summed E-state index contributed by atoms with van der Waals surface area (Å²) in [4.78, 5) is 32.4. The van der Waals surface area contributed by atoms with E-state index in [0.29, 0.717) is 5.76 Å². The van der Waals surface area contributed by atoms with Crippen molar-refractivity contribution in [1.82, 2.24) is 10.6 Å². The molecule has 0 saturated carbocycles. The van der Waals surface area contributed by atoms with E-state index in [4.69, 9.17) is 15.3 Å². The van der Waals surface area contributed by atoms with Crippen LogP contribution in [0.3, 0.4) is 0 Å². The topological polar surface area (TPSA) is 144 Å². The maximum atomic E-state index is 11.3. The molecule has 0 saturated heterocycles. The summed E-state index contributed by atoms with van der Waals surface area (Å²) in [5, 5.41) is 13.7. The zero-order valence-electron chi connectivity index (χ0n) is 10.8. The van der Waals surface area contributed by atoms with E-state index in [0.717, 1.165) is 0 Å². The van der Waals surface area contributed by atoms with Gasteiger partial charge in [0.2, 0.25) is 0 Å². The highest BCUT2D eigenvalue weighted by Gasteiger charge is 2.13. The van der Waals surface area contributed by atoms with Crippen LogP contribution >= 0.6 is 0 Å². The second-order valence-corrected chi connectivity index (χ2v) is 3.76. The van der Waals surface area contributed by atoms with Gasteiger partial charge >= 0.3 is 18.1 Å². The SMILES string of the molecule is Cc1oc(CNC(=O)NCCOC(N)=O)cc1C(=O)O. The van der Waals surface area contributed by atoms with Gasteiger partial charge in [-0.1, -0.05) is 0 Å². The standard InChI is InChI=1S/C11H15N3O6/c1-6-8(9(15)16)4-7(20-6)5-14-11(18)13-2-3-19-10(12)17/h4H,2-3,5H2,1H3,(H2,12,17)(H,15,16)(H2,13,14,18). The van der Waals surface area contributed by atoms with Crippen molar-refractivity contribution in [1.29, 1.82) is 0 Å². The Kier molecular flexibility index (Phi) is 5.39. The lowest BCUT2D eigenvalue weighted by atomic mass is 10.2. The van der Waals surface area contributed by atoms with Crippen LogP contribution in [0.15, 0.2) is 10.5 Å². The molecule has 0 spiro atoms. The number of furan rings is 1. The number of aromatic carboxylic acids is 1. The number of hydrogen-bond donors (Lipinski definition) is 4. The smallest absolute Gasteiger partial charge is 0.404 e. The number of carbonyl (C=O) groups excluding carboxylic acids is 2. The highest BCUT2D eigenvalue weighted by atomic mass is 16.5. The number of ether oxygens (including phenoxy) is 1. The van der Waals surface area contributed by atoms with Crippen molar-refractivity contribution in [3.8, 4) is 0 Å². The molecule has 1 rings (SSSR count). The first-order valence-corrected chi connectivity index (χ1v) is 5.66. The molecule has 1 aromatic heterocycles. The lowest BCUT2D eigenvalue weighted by Gasteiger charge is -2.06. The van der Waals surface area contributed by atoms with Crippen LogP contribution in [0.25, 0.3) is 0 Å². The molecule has 110 valence electrons. The Morgan fingerprint density at radius 2 is 2.10 bits per heavy atom. The predicted molar refractivity (Wildman–Crippen MR) is 66.2 cm³/mol. The van der Waals surface area contributed by atoms with Crippen LogP contribution < -0.4 is 16.4 Å². The molecule has 1 heterocycles. The largest absolute Gasteiger partial charge is 0.478 e. The quantitative estimate of drug-likeness (QED) is 0.549. The molecule has 0 radical (unpaired) electrons. The fraction of sp³-hybridized carbons (Fsp3) is 0.364. The van der Waals surface area contributed by atoms with Crippen molar-refractivity contribution < 1.29 is 28.6 Å². The number of nitrogens with one attached hydrogen (secondary N) is 2. The van der Waals surface area contributed by atoms with Gasteiger partial charge in [0.05, 0.1) is 13.1 Å². The predicted octanol–water partition coefficient (Wildman–Crippen LogP) is 0.181. The molecular weight excluding hydrogens is 270 g/mol. The Balaban J connectivity index is 2.32. The summed E-state index contributed by atoms with van der Waals surface area (Å²) < 4.78 is 9.59. The fourth-order valence-corrected chi connectivity index (χ4v) is 1.39. The number of carbonyl (C=O) groups is 3. The fourth-order valence-electron chi connectivity index (χ4n) is 1.39. The number of carboxylic acids is 1. The Morgan fingerprint density at radius 1 is 1.40 bits per heavy atom. The molecule has 9 heteroatoms. The molecule has 0 fully saturated rings. The van der Waals surface area contributed by atoms with Gasteiger partial charge in [0.1, 0.15) is 23.7 Å². The minimum Gasteiger partial charge on any atom is -0.478 e. The number of aryl methyl sites for hydroxylation is 1. The molecule has 0 unspecified atom stereocenters. The monoisotopic (exact) mass is 285 g/mol.